The van der Waals surface area contributed by atoms with Crippen LogP contribution in [0.3, 0.4) is 0 Å². The van der Waals surface area contributed by atoms with Crippen molar-refractivity contribution in [2.75, 3.05) is 12.8 Å². The Kier molecular flexibility index (Phi) is 6.27. The highest BCUT2D eigenvalue weighted by Crippen LogP contribution is 2.19. The van der Waals surface area contributed by atoms with Gasteiger partial charge in [0.2, 0.25) is 0 Å². The van der Waals surface area contributed by atoms with Gasteiger partial charge < -0.3 is 5.32 Å². The van der Waals surface area contributed by atoms with E-state index in [4.69, 9.17) is 0 Å². The monoisotopic (exact) mass is 265 g/mol. The molecule has 2 nitrogen and oxygen atoms in total. The van der Waals surface area contributed by atoms with Gasteiger partial charge in [0.1, 0.15) is 0 Å². The molecule has 0 aliphatic carbocycles. The molecule has 0 atom stereocenters. The molecule has 1 amide bonds. The number of carbonyl (C=O) groups is 1. The SMILES string of the molecule is CCC(CC)CNC(=O)c1cc(SC)ccc1C. The van der Waals surface area contributed by atoms with Crippen LogP contribution in [0.2, 0.25) is 0 Å². The molecule has 0 aliphatic heterocycles. The number of benzene rings is 1. The van der Waals surface area contributed by atoms with Crippen molar-refractivity contribution in [2.24, 2.45) is 5.92 Å². The lowest BCUT2D eigenvalue weighted by Gasteiger charge is -2.14. The van der Waals surface area contributed by atoms with Crippen LogP contribution < -0.4 is 5.32 Å². The second-order valence-corrected chi connectivity index (χ2v) is 5.45. The summed E-state index contributed by atoms with van der Waals surface area (Å²) in [6.45, 7) is 7.09. The van der Waals surface area contributed by atoms with Gasteiger partial charge in [-0.25, -0.2) is 0 Å². The predicted octanol–water partition coefficient (Wildman–Crippen LogP) is 3.88. The van der Waals surface area contributed by atoms with Gasteiger partial charge in [0.05, 0.1) is 0 Å². The number of amides is 1. The van der Waals surface area contributed by atoms with Crippen LogP contribution in [0.25, 0.3) is 0 Å². The zero-order valence-electron chi connectivity index (χ0n) is 11.7. The van der Waals surface area contributed by atoms with Crippen molar-refractivity contribution >= 4 is 17.7 Å². The average Bonchev–Trinajstić information content (AvgIpc) is 2.40. The molecule has 1 aromatic rings. The fraction of sp³-hybridized carbons (Fsp3) is 0.533. The van der Waals surface area contributed by atoms with E-state index in [2.05, 4.69) is 25.2 Å². The minimum Gasteiger partial charge on any atom is -0.352 e. The van der Waals surface area contributed by atoms with Crippen molar-refractivity contribution in [1.29, 1.82) is 0 Å². The van der Waals surface area contributed by atoms with Gasteiger partial charge in [0.25, 0.3) is 5.91 Å². The summed E-state index contributed by atoms with van der Waals surface area (Å²) in [6, 6.07) is 6.04. The van der Waals surface area contributed by atoms with Crippen molar-refractivity contribution in [3.05, 3.63) is 29.3 Å². The molecule has 0 saturated carbocycles. The summed E-state index contributed by atoms with van der Waals surface area (Å²) >= 11 is 1.66. The topological polar surface area (TPSA) is 29.1 Å². The van der Waals surface area contributed by atoms with E-state index in [0.29, 0.717) is 5.92 Å². The molecule has 0 spiro atoms. The van der Waals surface area contributed by atoms with Gasteiger partial charge in [-0.05, 0) is 36.8 Å². The first-order valence-electron chi connectivity index (χ1n) is 6.55. The Morgan fingerprint density at radius 3 is 2.56 bits per heavy atom. The highest BCUT2D eigenvalue weighted by molar-refractivity contribution is 7.98. The lowest BCUT2D eigenvalue weighted by Crippen LogP contribution is -2.29. The number of thioether (sulfide) groups is 1. The fourth-order valence-corrected chi connectivity index (χ4v) is 2.32. The largest absolute Gasteiger partial charge is 0.352 e. The van der Waals surface area contributed by atoms with Crippen LogP contribution in [0.15, 0.2) is 23.1 Å². The Morgan fingerprint density at radius 1 is 1.33 bits per heavy atom. The average molecular weight is 265 g/mol. The lowest BCUT2D eigenvalue weighted by atomic mass is 10.0. The third-order valence-corrected chi connectivity index (χ3v) is 4.12. The molecule has 0 aliphatic rings. The summed E-state index contributed by atoms with van der Waals surface area (Å²) in [5, 5.41) is 3.04. The van der Waals surface area contributed by atoms with Gasteiger partial charge in [0, 0.05) is 17.0 Å². The molecule has 0 bridgehead atoms. The standard InChI is InChI=1S/C15H23NOS/c1-5-12(6-2)10-16-15(17)14-9-13(18-4)8-7-11(14)3/h7-9,12H,5-6,10H2,1-4H3,(H,16,17). The first-order chi connectivity index (χ1) is 8.62. The fourth-order valence-electron chi connectivity index (χ4n) is 1.88. The Hall–Kier alpha value is -0.960. The van der Waals surface area contributed by atoms with E-state index < -0.39 is 0 Å². The number of nitrogens with one attached hydrogen (secondary N) is 1. The van der Waals surface area contributed by atoms with E-state index in [0.717, 1.165) is 35.4 Å². The summed E-state index contributed by atoms with van der Waals surface area (Å²) < 4.78 is 0. The number of aryl methyl sites for hydroxylation is 1. The van der Waals surface area contributed by atoms with E-state index in [-0.39, 0.29) is 5.91 Å². The highest BCUT2D eigenvalue weighted by atomic mass is 32.2. The van der Waals surface area contributed by atoms with Gasteiger partial charge in [-0.2, -0.15) is 0 Å². The maximum atomic E-state index is 12.1. The van der Waals surface area contributed by atoms with Crippen LogP contribution in [-0.2, 0) is 0 Å². The minimum atomic E-state index is 0.0512. The lowest BCUT2D eigenvalue weighted by molar-refractivity contribution is 0.0945. The maximum absolute atomic E-state index is 12.1. The molecule has 0 saturated heterocycles. The Morgan fingerprint density at radius 2 is 2.00 bits per heavy atom. The van der Waals surface area contributed by atoms with Gasteiger partial charge >= 0.3 is 0 Å². The third kappa shape index (κ3) is 4.05. The zero-order chi connectivity index (χ0) is 13.5. The van der Waals surface area contributed by atoms with Gasteiger partial charge in [-0.15, -0.1) is 11.8 Å². The summed E-state index contributed by atoms with van der Waals surface area (Å²) in [4.78, 5) is 13.3. The number of hydrogen-bond acceptors (Lipinski definition) is 2. The molecule has 100 valence electrons. The van der Waals surface area contributed by atoms with Crippen LogP contribution in [0.1, 0.15) is 42.6 Å². The predicted molar refractivity (Wildman–Crippen MR) is 79.4 cm³/mol. The quantitative estimate of drug-likeness (QED) is 0.791. The van der Waals surface area contributed by atoms with Gasteiger partial charge in [-0.3, -0.25) is 4.79 Å². The summed E-state index contributed by atoms with van der Waals surface area (Å²) in [6.07, 6.45) is 4.25. The van der Waals surface area contributed by atoms with Crippen molar-refractivity contribution in [3.63, 3.8) is 0 Å². The zero-order valence-corrected chi connectivity index (χ0v) is 12.6. The summed E-state index contributed by atoms with van der Waals surface area (Å²) in [7, 11) is 0. The van der Waals surface area contributed by atoms with Crippen molar-refractivity contribution < 1.29 is 4.79 Å². The van der Waals surface area contributed by atoms with Crippen molar-refractivity contribution in [2.45, 2.75) is 38.5 Å². The maximum Gasteiger partial charge on any atom is 0.251 e. The molecule has 0 unspecified atom stereocenters. The smallest absolute Gasteiger partial charge is 0.251 e. The van der Waals surface area contributed by atoms with Crippen LogP contribution in [-0.4, -0.2) is 18.7 Å². The van der Waals surface area contributed by atoms with Gasteiger partial charge in [-0.1, -0.05) is 32.8 Å². The normalized spacial score (nSPS) is 10.7. The molecular weight excluding hydrogens is 242 g/mol. The van der Waals surface area contributed by atoms with E-state index in [1.165, 1.54) is 0 Å². The van der Waals surface area contributed by atoms with E-state index >= 15 is 0 Å². The minimum absolute atomic E-state index is 0.0512. The van der Waals surface area contributed by atoms with Crippen molar-refractivity contribution in [1.82, 2.24) is 5.32 Å². The summed E-state index contributed by atoms with van der Waals surface area (Å²) in [5.74, 6) is 0.633. The van der Waals surface area contributed by atoms with Gasteiger partial charge in [0.15, 0.2) is 0 Å². The number of hydrogen-bond donors (Lipinski definition) is 1. The Bertz CT molecular complexity index is 399. The van der Waals surface area contributed by atoms with Crippen LogP contribution in [0, 0.1) is 12.8 Å². The molecule has 1 rings (SSSR count). The molecule has 1 N–H and O–H groups in total. The molecule has 1 aromatic carbocycles. The first-order valence-corrected chi connectivity index (χ1v) is 7.77. The first kappa shape index (κ1) is 15.1. The molecule has 18 heavy (non-hydrogen) atoms. The molecule has 0 radical (unpaired) electrons. The van der Waals surface area contributed by atoms with E-state index in [1.807, 2.05) is 25.3 Å². The second kappa shape index (κ2) is 7.47. The molecular formula is C15H23NOS. The number of rotatable bonds is 6. The van der Waals surface area contributed by atoms with Crippen LogP contribution in [0.5, 0.6) is 0 Å². The number of carbonyl (C=O) groups excluding carboxylic acids is 1. The van der Waals surface area contributed by atoms with Crippen LogP contribution in [0.4, 0.5) is 0 Å². The second-order valence-electron chi connectivity index (χ2n) is 4.57. The Labute approximate surface area is 115 Å². The summed E-state index contributed by atoms with van der Waals surface area (Å²) in [5.41, 5.74) is 1.84. The molecule has 0 heterocycles. The molecule has 0 fully saturated rings. The van der Waals surface area contributed by atoms with Crippen LogP contribution >= 0.6 is 11.8 Å². The Balaban J connectivity index is 2.71. The highest BCUT2D eigenvalue weighted by Gasteiger charge is 2.11. The molecule has 3 heteroatoms. The van der Waals surface area contributed by atoms with Crippen molar-refractivity contribution in [3.8, 4) is 0 Å². The molecule has 0 aromatic heterocycles. The third-order valence-electron chi connectivity index (χ3n) is 3.40. The van der Waals surface area contributed by atoms with E-state index in [9.17, 15) is 4.79 Å². The van der Waals surface area contributed by atoms with E-state index in [1.54, 1.807) is 11.8 Å².